The van der Waals surface area contributed by atoms with E-state index in [1.54, 1.807) is 0 Å². The number of benzene rings is 2. The molecule has 23 heavy (non-hydrogen) atoms. The van der Waals surface area contributed by atoms with Gasteiger partial charge in [0.15, 0.2) is 0 Å². The van der Waals surface area contributed by atoms with Gasteiger partial charge < -0.3 is 15.2 Å². The van der Waals surface area contributed by atoms with Crippen molar-refractivity contribution < 1.29 is 14.6 Å². The van der Waals surface area contributed by atoms with Crippen LogP contribution < -0.4 is 10.1 Å². The Hall–Kier alpha value is -2.33. The molecule has 1 amide bonds. The highest BCUT2D eigenvalue weighted by Gasteiger charge is 2.31. The third-order valence-corrected chi connectivity index (χ3v) is 4.64. The first-order valence-electron chi connectivity index (χ1n) is 8.00. The number of hydrogen-bond acceptors (Lipinski definition) is 3. The van der Waals surface area contributed by atoms with E-state index < -0.39 is 6.10 Å². The van der Waals surface area contributed by atoms with Gasteiger partial charge in [0, 0.05) is 12.8 Å². The van der Waals surface area contributed by atoms with Crippen molar-refractivity contribution in [2.45, 2.75) is 31.4 Å². The second kappa shape index (κ2) is 5.70. The maximum atomic E-state index is 12.4. The molecule has 2 aliphatic rings. The summed E-state index contributed by atoms with van der Waals surface area (Å²) in [4.78, 5) is 12.4. The lowest BCUT2D eigenvalue weighted by Crippen LogP contribution is -2.34. The van der Waals surface area contributed by atoms with Gasteiger partial charge >= 0.3 is 0 Å². The van der Waals surface area contributed by atoms with Crippen molar-refractivity contribution in [1.29, 1.82) is 0 Å². The molecular formula is C19H19NO3. The summed E-state index contributed by atoms with van der Waals surface area (Å²) in [5, 5.41) is 13.2. The van der Waals surface area contributed by atoms with Crippen LogP contribution in [0.2, 0.25) is 0 Å². The maximum Gasteiger partial charge on any atom is 0.224 e. The Morgan fingerprint density at radius 1 is 1.22 bits per heavy atom. The van der Waals surface area contributed by atoms with E-state index in [-0.39, 0.29) is 11.9 Å². The van der Waals surface area contributed by atoms with Gasteiger partial charge in [0.25, 0.3) is 0 Å². The molecule has 2 aromatic rings. The smallest absolute Gasteiger partial charge is 0.224 e. The summed E-state index contributed by atoms with van der Waals surface area (Å²) >= 11 is 0. The number of fused-ring (bicyclic) bond motifs is 2. The largest absolute Gasteiger partial charge is 0.493 e. The summed E-state index contributed by atoms with van der Waals surface area (Å²) in [5.41, 5.74) is 4.28. The van der Waals surface area contributed by atoms with Crippen LogP contribution in [0.3, 0.4) is 0 Å². The van der Waals surface area contributed by atoms with Crippen LogP contribution in [-0.4, -0.2) is 23.7 Å². The lowest BCUT2D eigenvalue weighted by Gasteiger charge is -2.18. The lowest BCUT2D eigenvalue weighted by molar-refractivity contribution is -0.121. The van der Waals surface area contributed by atoms with Gasteiger partial charge in [0.1, 0.15) is 5.75 Å². The predicted octanol–water partition coefficient (Wildman–Crippen LogP) is 1.94. The van der Waals surface area contributed by atoms with E-state index in [9.17, 15) is 9.90 Å². The predicted molar refractivity (Wildman–Crippen MR) is 86.4 cm³/mol. The third kappa shape index (κ3) is 2.70. The molecule has 0 saturated carbocycles. The van der Waals surface area contributed by atoms with E-state index >= 15 is 0 Å². The monoisotopic (exact) mass is 309 g/mol. The molecule has 1 aliphatic heterocycles. The molecule has 0 saturated heterocycles. The van der Waals surface area contributed by atoms with Crippen LogP contribution in [-0.2, 0) is 24.1 Å². The minimum atomic E-state index is -0.551. The quantitative estimate of drug-likeness (QED) is 0.911. The minimum absolute atomic E-state index is 0.0652. The molecule has 2 N–H and O–H groups in total. The van der Waals surface area contributed by atoms with E-state index in [0.717, 1.165) is 35.5 Å². The van der Waals surface area contributed by atoms with Crippen LogP contribution in [0.5, 0.6) is 5.75 Å². The number of ether oxygens (including phenoxy) is 1. The molecular weight excluding hydrogens is 290 g/mol. The molecule has 1 heterocycles. The number of rotatable bonds is 3. The number of carbonyl (C=O) groups is 1. The lowest BCUT2D eigenvalue weighted by atomic mass is 10.0. The normalized spacial score (nSPS) is 21.4. The second-order valence-electron chi connectivity index (χ2n) is 6.23. The van der Waals surface area contributed by atoms with Crippen molar-refractivity contribution in [3.05, 3.63) is 64.7 Å². The molecule has 2 atom stereocenters. The van der Waals surface area contributed by atoms with Crippen molar-refractivity contribution in [3.63, 3.8) is 0 Å². The van der Waals surface area contributed by atoms with E-state index in [1.165, 1.54) is 5.56 Å². The molecule has 0 bridgehead atoms. The Bertz CT molecular complexity index is 756. The van der Waals surface area contributed by atoms with Crippen LogP contribution in [0.25, 0.3) is 0 Å². The minimum Gasteiger partial charge on any atom is -0.493 e. The summed E-state index contributed by atoms with van der Waals surface area (Å²) in [6, 6.07) is 13.5. The highest BCUT2D eigenvalue weighted by Crippen LogP contribution is 2.31. The molecule has 0 spiro atoms. The van der Waals surface area contributed by atoms with E-state index in [1.807, 2.05) is 42.5 Å². The average Bonchev–Trinajstić information content (AvgIpc) is 3.12. The summed E-state index contributed by atoms with van der Waals surface area (Å²) < 4.78 is 5.49. The van der Waals surface area contributed by atoms with Gasteiger partial charge in [-0.3, -0.25) is 4.79 Å². The molecule has 118 valence electrons. The first-order valence-corrected chi connectivity index (χ1v) is 8.00. The van der Waals surface area contributed by atoms with Crippen LogP contribution in [0.15, 0.2) is 42.5 Å². The fourth-order valence-corrected chi connectivity index (χ4v) is 3.51. The highest BCUT2D eigenvalue weighted by atomic mass is 16.5. The summed E-state index contributed by atoms with van der Waals surface area (Å²) in [6.45, 7) is 0.718. The Morgan fingerprint density at radius 2 is 2.09 bits per heavy atom. The fourth-order valence-electron chi connectivity index (χ4n) is 3.51. The topological polar surface area (TPSA) is 58.6 Å². The van der Waals surface area contributed by atoms with Crippen molar-refractivity contribution >= 4 is 5.91 Å². The Balaban J connectivity index is 1.46. The van der Waals surface area contributed by atoms with Crippen molar-refractivity contribution in [1.82, 2.24) is 5.32 Å². The molecule has 4 nitrogen and oxygen atoms in total. The van der Waals surface area contributed by atoms with Crippen LogP contribution in [0, 0.1) is 0 Å². The summed E-state index contributed by atoms with van der Waals surface area (Å²) in [6.07, 6.45) is 1.26. The van der Waals surface area contributed by atoms with Crippen molar-refractivity contribution in [3.8, 4) is 5.75 Å². The Morgan fingerprint density at radius 3 is 3.00 bits per heavy atom. The average molecular weight is 309 g/mol. The number of nitrogens with one attached hydrogen (secondary N) is 1. The zero-order chi connectivity index (χ0) is 15.8. The number of carbonyl (C=O) groups excluding carboxylic acids is 1. The van der Waals surface area contributed by atoms with Crippen molar-refractivity contribution in [2.24, 2.45) is 0 Å². The Labute approximate surface area is 135 Å². The fraction of sp³-hybridized carbons (Fsp3) is 0.316. The third-order valence-electron chi connectivity index (χ3n) is 4.64. The van der Waals surface area contributed by atoms with Crippen LogP contribution >= 0.6 is 0 Å². The molecule has 4 heteroatoms. The van der Waals surface area contributed by atoms with Gasteiger partial charge in [-0.05, 0) is 28.3 Å². The van der Waals surface area contributed by atoms with Gasteiger partial charge in [-0.2, -0.15) is 0 Å². The first kappa shape index (κ1) is 14.3. The number of hydrogen-bond donors (Lipinski definition) is 2. The van der Waals surface area contributed by atoms with Crippen LogP contribution in [0.1, 0.15) is 28.3 Å². The SMILES string of the molecule is O=C(Cc1ccc2c(c1)CCO2)N[C@@H]1c2ccccc2C[C@@H]1O. The molecule has 1 aliphatic carbocycles. The molecule has 0 radical (unpaired) electrons. The standard InChI is InChI=1S/C19H19NO3/c21-16-11-13-3-1-2-4-15(13)19(16)20-18(22)10-12-5-6-17-14(9-12)7-8-23-17/h1-6,9,16,19,21H,7-8,10-11H2,(H,20,22)/t16-,19+/m0/s1. The zero-order valence-electron chi connectivity index (χ0n) is 12.8. The summed E-state index contributed by atoms with van der Waals surface area (Å²) in [5.74, 6) is 0.860. The summed E-state index contributed by atoms with van der Waals surface area (Å²) in [7, 11) is 0. The first-order chi connectivity index (χ1) is 11.2. The zero-order valence-corrected chi connectivity index (χ0v) is 12.8. The van der Waals surface area contributed by atoms with Crippen molar-refractivity contribution in [2.75, 3.05) is 6.61 Å². The molecule has 2 aromatic carbocycles. The van der Waals surface area contributed by atoms with E-state index in [0.29, 0.717) is 12.8 Å². The molecule has 0 aromatic heterocycles. The van der Waals surface area contributed by atoms with Gasteiger partial charge in [-0.1, -0.05) is 36.4 Å². The van der Waals surface area contributed by atoms with E-state index in [4.69, 9.17) is 4.74 Å². The number of aliphatic hydroxyl groups excluding tert-OH is 1. The number of amides is 1. The van der Waals surface area contributed by atoms with Crippen LogP contribution in [0.4, 0.5) is 0 Å². The maximum absolute atomic E-state index is 12.4. The van der Waals surface area contributed by atoms with Gasteiger partial charge in [-0.25, -0.2) is 0 Å². The Kier molecular flexibility index (Phi) is 3.54. The van der Waals surface area contributed by atoms with E-state index in [2.05, 4.69) is 5.32 Å². The number of aliphatic hydroxyl groups is 1. The van der Waals surface area contributed by atoms with Gasteiger partial charge in [0.2, 0.25) is 5.91 Å². The molecule has 0 fully saturated rings. The van der Waals surface area contributed by atoms with Gasteiger partial charge in [0.05, 0.1) is 25.2 Å². The van der Waals surface area contributed by atoms with Gasteiger partial charge in [-0.15, -0.1) is 0 Å². The molecule has 4 rings (SSSR count). The highest BCUT2D eigenvalue weighted by molar-refractivity contribution is 5.79. The molecule has 0 unspecified atom stereocenters. The second-order valence-corrected chi connectivity index (χ2v) is 6.23.